The standard InChI is InChI=1S/C17H16N4O2/c1-11(16-19-17(18)21-23-16)13-8-5-9-14(10-13)15(20-22)12-6-3-2-4-7-12/h2-11,22H,1H3,(H2,18,21)/b20-15+. The molecule has 0 radical (unpaired) electrons. The number of rotatable bonds is 4. The fourth-order valence-corrected chi connectivity index (χ4v) is 2.40. The maximum absolute atomic E-state index is 9.41. The molecule has 0 saturated heterocycles. The highest BCUT2D eigenvalue weighted by Crippen LogP contribution is 2.24. The minimum Gasteiger partial charge on any atom is -0.410 e. The zero-order valence-electron chi connectivity index (χ0n) is 12.5. The van der Waals surface area contributed by atoms with Crippen LogP contribution in [0.1, 0.15) is 35.4 Å². The quantitative estimate of drug-likeness (QED) is 0.438. The highest BCUT2D eigenvalue weighted by molar-refractivity contribution is 6.12. The molecule has 0 amide bonds. The Hall–Kier alpha value is -3.15. The Balaban J connectivity index is 1.96. The molecule has 116 valence electrons. The first kappa shape index (κ1) is 14.8. The summed E-state index contributed by atoms with van der Waals surface area (Å²) in [5.41, 5.74) is 8.60. The third-order valence-corrected chi connectivity index (χ3v) is 3.64. The van der Waals surface area contributed by atoms with Gasteiger partial charge in [0, 0.05) is 11.1 Å². The van der Waals surface area contributed by atoms with Gasteiger partial charge in [0.25, 0.3) is 5.95 Å². The van der Waals surface area contributed by atoms with Gasteiger partial charge < -0.3 is 15.5 Å². The molecule has 1 aromatic heterocycles. The monoisotopic (exact) mass is 308 g/mol. The lowest BCUT2D eigenvalue weighted by atomic mass is 9.95. The van der Waals surface area contributed by atoms with Crippen molar-refractivity contribution in [3.63, 3.8) is 0 Å². The fraction of sp³-hybridized carbons (Fsp3) is 0.118. The van der Waals surface area contributed by atoms with Crippen LogP contribution in [0.3, 0.4) is 0 Å². The van der Waals surface area contributed by atoms with Gasteiger partial charge in [-0.2, -0.15) is 4.98 Å². The number of oxime groups is 1. The van der Waals surface area contributed by atoms with Crippen LogP contribution in [0.5, 0.6) is 0 Å². The first-order chi connectivity index (χ1) is 11.2. The van der Waals surface area contributed by atoms with Gasteiger partial charge in [-0.3, -0.25) is 0 Å². The summed E-state index contributed by atoms with van der Waals surface area (Å²) < 4.78 is 5.13. The number of anilines is 1. The summed E-state index contributed by atoms with van der Waals surface area (Å²) in [7, 11) is 0. The molecule has 0 bridgehead atoms. The summed E-state index contributed by atoms with van der Waals surface area (Å²) in [6.07, 6.45) is 0. The maximum Gasteiger partial charge on any atom is 0.260 e. The number of nitrogen functional groups attached to an aromatic ring is 1. The lowest BCUT2D eigenvalue weighted by molar-refractivity contribution is 0.319. The van der Waals surface area contributed by atoms with Gasteiger partial charge in [0.2, 0.25) is 5.89 Å². The van der Waals surface area contributed by atoms with Crippen molar-refractivity contribution in [3.05, 3.63) is 77.2 Å². The summed E-state index contributed by atoms with van der Waals surface area (Å²) in [5.74, 6) is 0.446. The molecule has 0 fully saturated rings. The topological polar surface area (TPSA) is 97.5 Å². The first-order valence-electron chi connectivity index (χ1n) is 7.16. The second-order valence-corrected chi connectivity index (χ2v) is 5.15. The highest BCUT2D eigenvalue weighted by Gasteiger charge is 2.17. The van der Waals surface area contributed by atoms with Crippen molar-refractivity contribution in [1.82, 2.24) is 10.1 Å². The van der Waals surface area contributed by atoms with Gasteiger partial charge in [0.1, 0.15) is 5.71 Å². The van der Waals surface area contributed by atoms with Crippen molar-refractivity contribution >= 4 is 11.7 Å². The summed E-state index contributed by atoms with van der Waals surface area (Å²) in [4.78, 5) is 4.06. The maximum atomic E-state index is 9.41. The SMILES string of the molecule is CC(c1cccc(/C(=N/O)c2ccccc2)c1)c1nc(N)no1. The van der Waals surface area contributed by atoms with E-state index >= 15 is 0 Å². The largest absolute Gasteiger partial charge is 0.410 e. The molecule has 3 aromatic rings. The third kappa shape index (κ3) is 3.06. The van der Waals surface area contributed by atoms with Crippen molar-refractivity contribution in [2.45, 2.75) is 12.8 Å². The number of nitrogens with zero attached hydrogens (tertiary/aromatic N) is 3. The second kappa shape index (κ2) is 6.31. The molecule has 0 spiro atoms. The molecule has 23 heavy (non-hydrogen) atoms. The lowest BCUT2D eigenvalue weighted by Gasteiger charge is -2.10. The molecular formula is C17H16N4O2. The highest BCUT2D eigenvalue weighted by atomic mass is 16.5. The lowest BCUT2D eigenvalue weighted by Crippen LogP contribution is -2.05. The van der Waals surface area contributed by atoms with Crippen molar-refractivity contribution in [3.8, 4) is 0 Å². The molecule has 0 aliphatic heterocycles. The van der Waals surface area contributed by atoms with E-state index in [2.05, 4.69) is 15.3 Å². The Bertz CT molecular complexity index is 827. The molecule has 0 aliphatic rings. The molecular weight excluding hydrogens is 292 g/mol. The van der Waals surface area contributed by atoms with Gasteiger partial charge in [-0.25, -0.2) is 0 Å². The van der Waals surface area contributed by atoms with Crippen LogP contribution >= 0.6 is 0 Å². The van der Waals surface area contributed by atoms with Crippen LogP contribution in [0.15, 0.2) is 64.3 Å². The van der Waals surface area contributed by atoms with E-state index in [4.69, 9.17) is 10.3 Å². The predicted molar refractivity (Wildman–Crippen MR) is 86.5 cm³/mol. The summed E-state index contributed by atoms with van der Waals surface area (Å²) in [6, 6.07) is 17.2. The van der Waals surface area contributed by atoms with E-state index in [1.165, 1.54) is 0 Å². The molecule has 6 nitrogen and oxygen atoms in total. The Kier molecular flexibility index (Phi) is 4.05. The zero-order valence-corrected chi connectivity index (χ0v) is 12.5. The number of hydrogen-bond donors (Lipinski definition) is 2. The summed E-state index contributed by atoms with van der Waals surface area (Å²) in [6.45, 7) is 1.95. The van der Waals surface area contributed by atoms with Gasteiger partial charge >= 0.3 is 0 Å². The number of hydrogen-bond acceptors (Lipinski definition) is 6. The predicted octanol–water partition coefficient (Wildman–Crippen LogP) is 3.03. The van der Waals surface area contributed by atoms with Gasteiger partial charge in [0.05, 0.1) is 5.92 Å². The average molecular weight is 308 g/mol. The van der Waals surface area contributed by atoms with Gasteiger partial charge in [-0.1, -0.05) is 53.7 Å². The van der Waals surface area contributed by atoms with E-state index in [9.17, 15) is 5.21 Å². The minimum atomic E-state index is -0.115. The van der Waals surface area contributed by atoms with Gasteiger partial charge in [0.15, 0.2) is 0 Å². The van der Waals surface area contributed by atoms with Gasteiger partial charge in [-0.15, -0.1) is 0 Å². The van der Waals surface area contributed by atoms with E-state index in [0.717, 1.165) is 16.7 Å². The Morgan fingerprint density at radius 2 is 1.87 bits per heavy atom. The molecule has 3 N–H and O–H groups in total. The Morgan fingerprint density at radius 3 is 2.52 bits per heavy atom. The zero-order chi connectivity index (χ0) is 16.2. The van der Waals surface area contributed by atoms with Crippen LogP contribution in [0.25, 0.3) is 0 Å². The van der Waals surface area contributed by atoms with Gasteiger partial charge in [-0.05, 0) is 23.7 Å². The van der Waals surface area contributed by atoms with Crippen LogP contribution < -0.4 is 5.73 Å². The normalized spacial score (nSPS) is 13.0. The Morgan fingerprint density at radius 1 is 1.13 bits per heavy atom. The molecule has 1 unspecified atom stereocenters. The number of benzene rings is 2. The molecule has 2 aromatic carbocycles. The van der Waals surface area contributed by atoms with Crippen molar-refractivity contribution < 1.29 is 9.73 Å². The van der Waals surface area contributed by atoms with E-state index < -0.39 is 0 Å². The van der Waals surface area contributed by atoms with Crippen LogP contribution in [-0.4, -0.2) is 21.1 Å². The summed E-state index contributed by atoms with van der Waals surface area (Å²) >= 11 is 0. The van der Waals surface area contributed by atoms with E-state index in [1.54, 1.807) is 0 Å². The second-order valence-electron chi connectivity index (χ2n) is 5.15. The molecule has 1 heterocycles. The Labute approximate surface area is 133 Å². The molecule has 0 saturated carbocycles. The van der Waals surface area contributed by atoms with E-state index in [-0.39, 0.29) is 11.9 Å². The van der Waals surface area contributed by atoms with E-state index in [1.807, 2.05) is 61.5 Å². The van der Waals surface area contributed by atoms with Crippen LogP contribution in [0.4, 0.5) is 5.95 Å². The summed E-state index contributed by atoms with van der Waals surface area (Å²) in [5, 5.41) is 16.5. The van der Waals surface area contributed by atoms with E-state index in [0.29, 0.717) is 11.6 Å². The smallest absolute Gasteiger partial charge is 0.260 e. The fourth-order valence-electron chi connectivity index (χ4n) is 2.40. The van der Waals surface area contributed by atoms with Crippen LogP contribution in [-0.2, 0) is 0 Å². The van der Waals surface area contributed by atoms with Crippen molar-refractivity contribution in [2.24, 2.45) is 5.16 Å². The van der Waals surface area contributed by atoms with Crippen molar-refractivity contribution in [1.29, 1.82) is 0 Å². The first-order valence-corrected chi connectivity index (χ1v) is 7.16. The molecule has 0 aliphatic carbocycles. The molecule has 1 atom stereocenters. The third-order valence-electron chi connectivity index (χ3n) is 3.64. The van der Waals surface area contributed by atoms with Crippen LogP contribution in [0.2, 0.25) is 0 Å². The average Bonchev–Trinajstić information content (AvgIpc) is 3.03. The molecule has 3 rings (SSSR count). The number of nitrogens with two attached hydrogens (primary N) is 1. The molecule has 6 heteroatoms. The van der Waals surface area contributed by atoms with Crippen LogP contribution in [0, 0.1) is 0 Å². The van der Waals surface area contributed by atoms with Crippen molar-refractivity contribution in [2.75, 3.05) is 5.73 Å². The number of aromatic nitrogens is 2. The minimum absolute atomic E-state index is 0.115.